The molecule has 3 aromatic heterocycles. The first-order valence-corrected chi connectivity index (χ1v) is 15.8. The minimum absolute atomic E-state index is 0. The van der Waals surface area contributed by atoms with Crippen molar-refractivity contribution >= 4 is 33.0 Å². The zero-order valence-corrected chi connectivity index (χ0v) is 29.3. The maximum atomic E-state index is 6.53. The Kier molecular flexibility index (Phi) is 9.49. The van der Waals surface area contributed by atoms with Crippen molar-refractivity contribution in [2.75, 3.05) is 0 Å². The van der Waals surface area contributed by atoms with Crippen molar-refractivity contribution in [3.63, 3.8) is 0 Å². The van der Waals surface area contributed by atoms with Crippen molar-refractivity contribution in [1.29, 1.82) is 0 Å². The van der Waals surface area contributed by atoms with E-state index in [2.05, 4.69) is 97.9 Å². The van der Waals surface area contributed by atoms with Crippen LogP contribution in [-0.4, -0.2) is 14.5 Å². The maximum absolute atomic E-state index is 6.53. The summed E-state index contributed by atoms with van der Waals surface area (Å²) in [6, 6.07) is 47.4. The summed E-state index contributed by atoms with van der Waals surface area (Å²) in [7, 11) is 0. The van der Waals surface area contributed by atoms with Gasteiger partial charge in [-0.2, -0.15) is 0 Å². The van der Waals surface area contributed by atoms with E-state index in [0.717, 1.165) is 44.8 Å². The Hall–Kier alpha value is -4.83. The van der Waals surface area contributed by atoms with Crippen LogP contribution in [0.15, 0.2) is 132 Å². The maximum Gasteiger partial charge on any atom is 0.140 e. The van der Waals surface area contributed by atoms with E-state index in [1.807, 2.05) is 72.8 Å². The molecule has 47 heavy (non-hydrogen) atoms. The number of benzene rings is 5. The number of pyridine rings is 1. The number of imidazole rings is 1. The zero-order valence-electron chi connectivity index (χ0n) is 26.9. The quantitative estimate of drug-likeness (QED) is 0.163. The standard InChI is InChI=1S/C31H27N2O.C11H8N.Ir/c1-19(2)23-18-24-22-14-8-11-17-27(22)34-30(24)28(20(3)4)29(23)33-26-16-10-9-15-25(26)32-31(33)21-12-6-5-7-13-21;1-2-6-10(7-3-1)11-8-4-5-9-12-11;/h5-12,14-20H,1-4H3;1-6,8-9H;/q2*-1;. The van der Waals surface area contributed by atoms with Gasteiger partial charge < -0.3 is 14.0 Å². The number of aromatic nitrogens is 3. The van der Waals surface area contributed by atoms with Gasteiger partial charge in [0.25, 0.3) is 0 Å². The third-order valence-corrected chi connectivity index (χ3v) is 8.29. The topological polar surface area (TPSA) is 43.9 Å². The molecule has 8 rings (SSSR count). The Morgan fingerprint density at radius 2 is 1.36 bits per heavy atom. The molecule has 0 unspecified atom stereocenters. The second-order valence-corrected chi connectivity index (χ2v) is 12.0. The van der Waals surface area contributed by atoms with E-state index in [1.165, 1.54) is 27.6 Å². The van der Waals surface area contributed by atoms with Gasteiger partial charge in [-0.1, -0.05) is 70.2 Å². The van der Waals surface area contributed by atoms with Crippen LogP contribution in [0.5, 0.6) is 0 Å². The van der Waals surface area contributed by atoms with E-state index in [1.54, 1.807) is 6.20 Å². The predicted molar refractivity (Wildman–Crippen MR) is 189 cm³/mol. The fourth-order valence-electron chi connectivity index (χ4n) is 6.16. The molecule has 0 aliphatic carbocycles. The molecule has 0 bridgehead atoms. The van der Waals surface area contributed by atoms with E-state index < -0.39 is 0 Å². The molecule has 0 aliphatic rings. The minimum Gasteiger partial charge on any atom is -0.456 e. The predicted octanol–water partition coefficient (Wildman–Crippen LogP) is 11.2. The van der Waals surface area contributed by atoms with E-state index >= 15 is 0 Å². The van der Waals surface area contributed by atoms with Crippen LogP contribution in [0.3, 0.4) is 0 Å². The monoisotopic (exact) mass is 790 g/mol. The third-order valence-electron chi connectivity index (χ3n) is 8.29. The first-order valence-electron chi connectivity index (χ1n) is 15.8. The fraction of sp³-hybridized carbons (Fsp3) is 0.143. The van der Waals surface area contributed by atoms with Crippen LogP contribution in [0.2, 0.25) is 0 Å². The number of hydrogen-bond donors (Lipinski definition) is 0. The van der Waals surface area contributed by atoms with Gasteiger partial charge in [0, 0.05) is 48.3 Å². The van der Waals surface area contributed by atoms with Gasteiger partial charge in [-0.05, 0) is 53.4 Å². The van der Waals surface area contributed by atoms with Gasteiger partial charge in [-0.25, -0.2) is 0 Å². The van der Waals surface area contributed by atoms with Crippen LogP contribution in [-0.2, 0) is 20.1 Å². The molecular weight excluding hydrogens is 755 g/mol. The van der Waals surface area contributed by atoms with Crippen molar-refractivity contribution in [2.24, 2.45) is 0 Å². The number of para-hydroxylation sites is 3. The van der Waals surface area contributed by atoms with Crippen LogP contribution in [0.4, 0.5) is 0 Å². The van der Waals surface area contributed by atoms with Gasteiger partial charge in [-0.3, -0.25) is 4.98 Å². The van der Waals surface area contributed by atoms with Gasteiger partial charge in [-0.15, -0.1) is 71.8 Å². The molecule has 3 heterocycles. The van der Waals surface area contributed by atoms with E-state index in [-0.39, 0.29) is 26.0 Å². The summed E-state index contributed by atoms with van der Waals surface area (Å²) in [5.41, 5.74) is 10.6. The fourth-order valence-corrected chi connectivity index (χ4v) is 6.16. The molecule has 0 aliphatic heterocycles. The average Bonchev–Trinajstić information content (AvgIpc) is 3.67. The van der Waals surface area contributed by atoms with Crippen LogP contribution in [0, 0.1) is 12.1 Å². The van der Waals surface area contributed by atoms with Crippen LogP contribution >= 0.6 is 0 Å². The summed E-state index contributed by atoms with van der Waals surface area (Å²) in [5.74, 6) is 1.48. The van der Waals surface area contributed by atoms with Gasteiger partial charge in [0.2, 0.25) is 0 Å². The molecule has 4 nitrogen and oxygen atoms in total. The second kappa shape index (κ2) is 13.9. The number of nitrogens with zero attached hydrogens (tertiary/aromatic N) is 3. The van der Waals surface area contributed by atoms with Gasteiger partial charge in [0.05, 0.1) is 16.9 Å². The van der Waals surface area contributed by atoms with Crippen molar-refractivity contribution in [3.05, 3.63) is 151 Å². The third kappa shape index (κ3) is 6.17. The number of fused-ring (bicyclic) bond motifs is 4. The van der Waals surface area contributed by atoms with Gasteiger partial charge >= 0.3 is 0 Å². The van der Waals surface area contributed by atoms with Gasteiger partial charge in [0.1, 0.15) is 11.2 Å². The van der Waals surface area contributed by atoms with Crippen LogP contribution in [0.1, 0.15) is 50.7 Å². The molecule has 0 N–H and O–H groups in total. The average molecular weight is 790 g/mol. The van der Waals surface area contributed by atoms with Crippen molar-refractivity contribution < 1.29 is 24.5 Å². The summed E-state index contributed by atoms with van der Waals surface area (Å²) in [4.78, 5) is 9.30. The number of furan rings is 1. The zero-order chi connectivity index (χ0) is 31.6. The first-order chi connectivity index (χ1) is 22.5. The molecule has 8 aromatic rings. The van der Waals surface area contributed by atoms with E-state index in [9.17, 15) is 0 Å². The molecular formula is C42H35IrN3O-2. The summed E-state index contributed by atoms with van der Waals surface area (Å²) < 4.78 is 8.87. The Morgan fingerprint density at radius 3 is 2.04 bits per heavy atom. The second-order valence-electron chi connectivity index (χ2n) is 12.0. The van der Waals surface area contributed by atoms with Crippen molar-refractivity contribution in [1.82, 2.24) is 14.5 Å². The molecule has 0 amide bonds. The SMILES string of the molecule is CC(C)c1cc2c(oc3ccccc32)c(C(C)C)c1-n1c(-c2[c-]cccc2)nc2ccccc21.[Ir].[c-]1ccccc1-c1ccccn1. The molecule has 5 heteroatoms. The molecule has 0 spiro atoms. The smallest absolute Gasteiger partial charge is 0.140 e. The Labute approximate surface area is 289 Å². The normalized spacial score (nSPS) is 11.2. The molecule has 0 fully saturated rings. The van der Waals surface area contributed by atoms with Crippen LogP contribution in [0.25, 0.3) is 61.3 Å². The van der Waals surface area contributed by atoms with Crippen molar-refractivity contribution in [3.8, 4) is 28.3 Å². The van der Waals surface area contributed by atoms with Gasteiger partial charge in [0.15, 0.2) is 0 Å². The van der Waals surface area contributed by atoms with Crippen LogP contribution < -0.4 is 0 Å². The summed E-state index contributed by atoms with van der Waals surface area (Å²) in [6.07, 6.45) is 1.79. The summed E-state index contributed by atoms with van der Waals surface area (Å²) >= 11 is 0. The molecule has 235 valence electrons. The van der Waals surface area contributed by atoms with E-state index in [0.29, 0.717) is 5.92 Å². The Morgan fingerprint density at radius 1 is 0.681 bits per heavy atom. The molecule has 0 atom stereocenters. The number of rotatable bonds is 5. The van der Waals surface area contributed by atoms with E-state index in [4.69, 9.17) is 9.40 Å². The minimum atomic E-state index is 0. The summed E-state index contributed by atoms with van der Waals surface area (Å²) in [5, 5.41) is 2.35. The molecule has 5 aromatic carbocycles. The van der Waals surface area contributed by atoms with Crippen molar-refractivity contribution in [2.45, 2.75) is 39.5 Å². The Bertz CT molecular complexity index is 2220. The molecule has 0 saturated heterocycles. The first kappa shape index (κ1) is 32.1. The molecule has 1 radical (unpaired) electrons. The number of hydrogen-bond acceptors (Lipinski definition) is 3. The Balaban J connectivity index is 0.000000250. The summed E-state index contributed by atoms with van der Waals surface area (Å²) in [6.45, 7) is 9.04. The largest absolute Gasteiger partial charge is 0.456 e. The molecule has 0 saturated carbocycles.